The zero-order valence-electron chi connectivity index (χ0n) is 7.32. The first-order chi connectivity index (χ1) is 5.61. The molecule has 0 radical (unpaired) electrons. The summed E-state index contributed by atoms with van der Waals surface area (Å²) >= 11 is 0. The van der Waals surface area contributed by atoms with E-state index in [1.165, 1.54) is 0 Å². The number of rotatable bonds is 2. The number of aliphatic hydroxyl groups is 1. The van der Waals surface area contributed by atoms with Crippen LogP contribution in [-0.2, 0) is 0 Å². The molecule has 0 bridgehead atoms. The SMILES string of the molecule is CN1CCN(C(O)C(=N)N)CC1. The normalized spacial score (nSPS) is 23.8. The van der Waals surface area contributed by atoms with E-state index < -0.39 is 6.23 Å². The molecule has 1 aliphatic heterocycles. The van der Waals surface area contributed by atoms with Gasteiger partial charge in [-0.2, -0.15) is 0 Å². The lowest BCUT2D eigenvalue weighted by Gasteiger charge is -2.34. The van der Waals surface area contributed by atoms with Gasteiger partial charge in [-0.1, -0.05) is 0 Å². The lowest BCUT2D eigenvalue weighted by atomic mass is 10.3. The minimum absolute atomic E-state index is 0.167. The summed E-state index contributed by atoms with van der Waals surface area (Å²) in [5.41, 5.74) is 5.18. The van der Waals surface area contributed by atoms with Gasteiger partial charge < -0.3 is 15.7 Å². The van der Waals surface area contributed by atoms with E-state index in [0.717, 1.165) is 26.2 Å². The molecule has 0 aromatic rings. The standard InChI is InChI=1S/C7H16N4O/c1-10-2-4-11(5-3-10)7(12)6(8)9/h7,12H,2-5H2,1H3,(H3,8,9). The number of hydrogen-bond donors (Lipinski definition) is 3. The largest absolute Gasteiger partial charge is 0.384 e. The number of amidine groups is 1. The number of nitrogens with two attached hydrogens (primary N) is 1. The number of hydrogen-bond acceptors (Lipinski definition) is 4. The summed E-state index contributed by atoms with van der Waals surface area (Å²) < 4.78 is 0. The van der Waals surface area contributed by atoms with Crippen molar-refractivity contribution in [3.05, 3.63) is 0 Å². The summed E-state index contributed by atoms with van der Waals surface area (Å²) in [5, 5.41) is 16.5. The molecular weight excluding hydrogens is 156 g/mol. The van der Waals surface area contributed by atoms with E-state index in [4.69, 9.17) is 11.1 Å². The second-order valence-corrected chi connectivity index (χ2v) is 3.17. The highest BCUT2D eigenvalue weighted by Crippen LogP contribution is 2.02. The number of piperazine rings is 1. The Morgan fingerprint density at radius 2 is 1.92 bits per heavy atom. The molecule has 0 aliphatic carbocycles. The predicted molar refractivity (Wildman–Crippen MR) is 47.0 cm³/mol. The predicted octanol–water partition coefficient (Wildman–Crippen LogP) is -1.51. The number of nitrogens with zero attached hydrogens (tertiary/aromatic N) is 2. The highest BCUT2D eigenvalue weighted by molar-refractivity contribution is 5.80. The third-order valence-corrected chi connectivity index (χ3v) is 2.16. The maximum atomic E-state index is 9.40. The third kappa shape index (κ3) is 2.17. The molecule has 0 amide bonds. The van der Waals surface area contributed by atoms with Crippen LogP contribution in [0.4, 0.5) is 0 Å². The lowest BCUT2D eigenvalue weighted by molar-refractivity contribution is 0.0224. The van der Waals surface area contributed by atoms with Gasteiger partial charge in [-0.3, -0.25) is 10.3 Å². The van der Waals surface area contributed by atoms with Gasteiger partial charge in [0, 0.05) is 26.2 Å². The fourth-order valence-corrected chi connectivity index (χ4v) is 1.26. The van der Waals surface area contributed by atoms with Crippen LogP contribution in [0.15, 0.2) is 0 Å². The van der Waals surface area contributed by atoms with Gasteiger partial charge in [0.15, 0.2) is 6.23 Å². The van der Waals surface area contributed by atoms with Crippen LogP contribution >= 0.6 is 0 Å². The van der Waals surface area contributed by atoms with Crippen LogP contribution in [-0.4, -0.2) is 60.2 Å². The van der Waals surface area contributed by atoms with Crippen LogP contribution in [0.5, 0.6) is 0 Å². The van der Waals surface area contributed by atoms with Gasteiger partial charge in [0.1, 0.15) is 5.84 Å². The summed E-state index contributed by atoms with van der Waals surface area (Å²) in [6, 6.07) is 0. The van der Waals surface area contributed by atoms with Crippen LogP contribution in [0, 0.1) is 5.41 Å². The molecule has 1 heterocycles. The molecule has 0 spiro atoms. The molecule has 1 saturated heterocycles. The number of likely N-dealkylation sites (N-methyl/N-ethyl adjacent to an activating group) is 1. The van der Waals surface area contributed by atoms with Crippen molar-refractivity contribution >= 4 is 5.84 Å². The van der Waals surface area contributed by atoms with Crippen LogP contribution in [0.25, 0.3) is 0 Å². The molecule has 1 rings (SSSR count). The van der Waals surface area contributed by atoms with E-state index in [-0.39, 0.29) is 5.84 Å². The molecule has 1 unspecified atom stereocenters. The average molecular weight is 172 g/mol. The summed E-state index contributed by atoms with van der Waals surface area (Å²) in [5.74, 6) is -0.167. The molecule has 1 atom stereocenters. The first kappa shape index (κ1) is 9.44. The molecule has 0 aromatic heterocycles. The zero-order chi connectivity index (χ0) is 9.14. The molecule has 5 nitrogen and oxygen atoms in total. The van der Waals surface area contributed by atoms with Crippen molar-refractivity contribution in [1.82, 2.24) is 9.80 Å². The lowest BCUT2D eigenvalue weighted by Crippen LogP contribution is -2.53. The molecule has 70 valence electrons. The van der Waals surface area contributed by atoms with E-state index in [1.807, 2.05) is 11.9 Å². The van der Waals surface area contributed by atoms with Crippen LogP contribution < -0.4 is 5.73 Å². The monoisotopic (exact) mass is 172 g/mol. The molecule has 4 N–H and O–H groups in total. The van der Waals surface area contributed by atoms with Gasteiger partial charge >= 0.3 is 0 Å². The highest BCUT2D eigenvalue weighted by atomic mass is 16.3. The Hall–Kier alpha value is -0.650. The quantitative estimate of drug-likeness (QED) is 0.349. The van der Waals surface area contributed by atoms with Gasteiger partial charge in [-0.05, 0) is 7.05 Å². The Labute approximate surface area is 72.3 Å². The van der Waals surface area contributed by atoms with Crippen molar-refractivity contribution in [3.8, 4) is 0 Å². The van der Waals surface area contributed by atoms with Crippen molar-refractivity contribution in [1.29, 1.82) is 5.41 Å². The van der Waals surface area contributed by atoms with Gasteiger partial charge in [-0.25, -0.2) is 0 Å². The highest BCUT2D eigenvalue weighted by Gasteiger charge is 2.21. The minimum atomic E-state index is -0.890. The summed E-state index contributed by atoms with van der Waals surface area (Å²) in [4.78, 5) is 3.99. The fraction of sp³-hybridized carbons (Fsp3) is 0.857. The van der Waals surface area contributed by atoms with E-state index in [0.29, 0.717) is 0 Å². The van der Waals surface area contributed by atoms with Gasteiger partial charge in [0.25, 0.3) is 0 Å². The van der Waals surface area contributed by atoms with Crippen molar-refractivity contribution in [2.75, 3.05) is 33.2 Å². The Morgan fingerprint density at radius 3 is 2.33 bits per heavy atom. The molecule has 1 aliphatic rings. The third-order valence-electron chi connectivity index (χ3n) is 2.16. The Kier molecular flexibility index (Phi) is 3.02. The van der Waals surface area contributed by atoms with Gasteiger partial charge in [0.05, 0.1) is 0 Å². The topological polar surface area (TPSA) is 76.6 Å². The van der Waals surface area contributed by atoms with E-state index in [9.17, 15) is 5.11 Å². The van der Waals surface area contributed by atoms with E-state index in [1.54, 1.807) is 0 Å². The molecular formula is C7H16N4O. The average Bonchev–Trinajstić information content (AvgIpc) is 2.04. The van der Waals surface area contributed by atoms with Crippen LogP contribution in [0.3, 0.4) is 0 Å². The number of nitrogens with one attached hydrogen (secondary N) is 1. The zero-order valence-corrected chi connectivity index (χ0v) is 7.32. The summed E-state index contributed by atoms with van der Waals surface area (Å²) in [6.07, 6.45) is -0.890. The van der Waals surface area contributed by atoms with Crippen molar-refractivity contribution in [3.63, 3.8) is 0 Å². The van der Waals surface area contributed by atoms with Crippen molar-refractivity contribution < 1.29 is 5.11 Å². The molecule has 0 aromatic carbocycles. The van der Waals surface area contributed by atoms with Crippen molar-refractivity contribution in [2.45, 2.75) is 6.23 Å². The van der Waals surface area contributed by atoms with Crippen LogP contribution in [0.2, 0.25) is 0 Å². The Morgan fingerprint density at radius 1 is 1.42 bits per heavy atom. The number of aliphatic hydroxyl groups excluding tert-OH is 1. The maximum absolute atomic E-state index is 9.40. The maximum Gasteiger partial charge on any atom is 0.165 e. The van der Waals surface area contributed by atoms with E-state index >= 15 is 0 Å². The molecule has 1 fully saturated rings. The molecule has 12 heavy (non-hydrogen) atoms. The molecule has 0 saturated carbocycles. The summed E-state index contributed by atoms with van der Waals surface area (Å²) in [7, 11) is 2.04. The minimum Gasteiger partial charge on any atom is -0.384 e. The second-order valence-electron chi connectivity index (χ2n) is 3.17. The van der Waals surface area contributed by atoms with Crippen LogP contribution in [0.1, 0.15) is 0 Å². The Balaban J connectivity index is 2.39. The first-order valence-electron chi connectivity index (χ1n) is 4.06. The Bertz CT molecular complexity index is 165. The smallest absolute Gasteiger partial charge is 0.165 e. The van der Waals surface area contributed by atoms with E-state index in [2.05, 4.69) is 4.90 Å². The van der Waals surface area contributed by atoms with Gasteiger partial charge in [-0.15, -0.1) is 0 Å². The second kappa shape index (κ2) is 3.84. The van der Waals surface area contributed by atoms with Crippen molar-refractivity contribution in [2.24, 2.45) is 5.73 Å². The first-order valence-corrected chi connectivity index (χ1v) is 4.06. The molecule has 5 heteroatoms. The fourth-order valence-electron chi connectivity index (χ4n) is 1.26. The summed E-state index contributed by atoms with van der Waals surface area (Å²) in [6.45, 7) is 3.39. The van der Waals surface area contributed by atoms with Gasteiger partial charge in [0.2, 0.25) is 0 Å².